The summed E-state index contributed by atoms with van der Waals surface area (Å²) in [4.78, 5) is 0. The summed E-state index contributed by atoms with van der Waals surface area (Å²) in [7, 11) is 0. The molecule has 0 bridgehead atoms. The average Bonchev–Trinajstić information content (AvgIpc) is 2.61. The summed E-state index contributed by atoms with van der Waals surface area (Å²) in [6.45, 7) is 0. The molecule has 0 atom stereocenters. The molecule has 23 heavy (non-hydrogen) atoms. The smallest absolute Gasteiger partial charge is 0.0400 e. The molecule has 4 aromatic carbocycles. The highest BCUT2D eigenvalue weighted by molar-refractivity contribution is 6.19. The molecular weight excluding hydrogens is 278 g/mol. The van der Waals surface area contributed by atoms with Crippen LogP contribution < -0.4 is 16.2 Å². The summed E-state index contributed by atoms with van der Waals surface area (Å²) in [5.41, 5.74) is 7.23. The highest BCUT2D eigenvalue weighted by atomic mass is 14.5. The van der Waals surface area contributed by atoms with Crippen molar-refractivity contribution in [3.05, 3.63) is 65.0 Å². The van der Waals surface area contributed by atoms with E-state index < -0.39 is 0 Å². The van der Waals surface area contributed by atoms with Crippen LogP contribution in [0.2, 0.25) is 0 Å². The number of nitrogen functional groups attached to an aromatic ring is 1. The first-order valence-corrected chi connectivity index (χ1v) is 8.16. The average molecular weight is 295 g/mol. The van der Waals surface area contributed by atoms with E-state index in [0.717, 1.165) is 18.5 Å². The van der Waals surface area contributed by atoms with Gasteiger partial charge in [-0.2, -0.15) is 0 Å². The van der Waals surface area contributed by atoms with Crippen LogP contribution in [0.15, 0.2) is 54.6 Å². The number of rotatable bonds is 0. The van der Waals surface area contributed by atoms with Gasteiger partial charge in [0.05, 0.1) is 0 Å². The lowest BCUT2D eigenvalue weighted by Gasteiger charge is -2.14. The minimum Gasteiger partial charge on any atom is -0.398 e. The number of hydrogen-bond acceptors (Lipinski definition) is 1. The van der Waals surface area contributed by atoms with Gasteiger partial charge in [0, 0.05) is 11.1 Å². The van der Waals surface area contributed by atoms with Gasteiger partial charge in [-0.3, -0.25) is 0 Å². The van der Waals surface area contributed by atoms with Crippen molar-refractivity contribution in [3.63, 3.8) is 0 Å². The van der Waals surface area contributed by atoms with Gasteiger partial charge in [-0.15, -0.1) is 0 Å². The normalized spacial score (nSPS) is 13.7. The fourth-order valence-electron chi connectivity index (χ4n) is 4.03. The Morgan fingerprint density at radius 3 is 2.17 bits per heavy atom. The van der Waals surface area contributed by atoms with Crippen LogP contribution in [0.25, 0.3) is 44.5 Å². The summed E-state index contributed by atoms with van der Waals surface area (Å²) in [6, 6.07) is 19.4. The third-order valence-electron chi connectivity index (χ3n) is 5.01. The Balaban J connectivity index is 2.24. The van der Waals surface area contributed by atoms with Crippen molar-refractivity contribution in [2.45, 2.75) is 12.8 Å². The van der Waals surface area contributed by atoms with Crippen LogP contribution in [0.1, 0.15) is 12.8 Å². The molecule has 5 rings (SSSR count). The van der Waals surface area contributed by atoms with Gasteiger partial charge >= 0.3 is 0 Å². The third-order valence-corrected chi connectivity index (χ3v) is 5.01. The molecule has 0 aliphatic heterocycles. The van der Waals surface area contributed by atoms with E-state index >= 15 is 0 Å². The molecule has 1 aliphatic carbocycles. The second-order valence-corrected chi connectivity index (χ2v) is 6.29. The van der Waals surface area contributed by atoms with Gasteiger partial charge in [0.1, 0.15) is 0 Å². The predicted octanol–water partition coefficient (Wildman–Crippen LogP) is 4.08. The quantitative estimate of drug-likeness (QED) is 0.384. The monoisotopic (exact) mass is 295 g/mol. The minimum atomic E-state index is 0.875. The lowest BCUT2D eigenvalue weighted by molar-refractivity contribution is 1.13. The van der Waals surface area contributed by atoms with Gasteiger partial charge in [0.15, 0.2) is 0 Å². The van der Waals surface area contributed by atoms with E-state index in [2.05, 4.69) is 60.7 Å². The molecule has 0 saturated heterocycles. The van der Waals surface area contributed by atoms with E-state index in [9.17, 15) is 0 Å². The van der Waals surface area contributed by atoms with Crippen molar-refractivity contribution >= 4 is 50.2 Å². The number of fused-ring (bicyclic) bond motifs is 8. The Hall–Kier alpha value is -2.80. The summed E-state index contributed by atoms with van der Waals surface area (Å²) in [5, 5.41) is 10.4. The van der Waals surface area contributed by atoms with Crippen LogP contribution in [-0.2, 0) is 0 Å². The molecule has 0 aromatic heterocycles. The maximum absolute atomic E-state index is 6.35. The van der Waals surface area contributed by atoms with E-state index in [1.165, 1.54) is 42.8 Å². The highest BCUT2D eigenvalue weighted by Gasteiger charge is 2.11. The van der Waals surface area contributed by atoms with Crippen molar-refractivity contribution in [2.75, 3.05) is 5.73 Å². The van der Waals surface area contributed by atoms with Crippen LogP contribution in [0.5, 0.6) is 0 Å². The minimum absolute atomic E-state index is 0.875. The van der Waals surface area contributed by atoms with Crippen molar-refractivity contribution in [1.29, 1.82) is 0 Å². The van der Waals surface area contributed by atoms with Crippen LogP contribution in [0.3, 0.4) is 0 Å². The van der Waals surface area contributed by atoms with Gasteiger partial charge in [-0.1, -0.05) is 60.7 Å². The van der Waals surface area contributed by atoms with Gasteiger partial charge in [0.2, 0.25) is 0 Å². The second kappa shape index (κ2) is 4.60. The molecular formula is C22H17N. The molecule has 1 heteroatoms. The predicted molar refractivity (Wildman–Crippen MR) is 101 cm³/mol. The molecule has 0 spiro atoms. The fraction of sp³-hybridized carbons (Fsp3) is 0.0909. The summed E-state index contributed by atoms with van der Waals surface area (Å²) in [5.74, 6) is 0. The molecule has 110 valence electrons. The number of benzene rings is 4. The zero-order chi connectivity index (χ0) is 15.4. The lowest BCUT2D eigenvalue weighted by atomic mass is 9.91. The van der Waals surface area contributed by atoms with Crippen molar-refractivity contribution in [1.82, 2.24) is 0 Å². The van der Waals surface area contributed by atoms with Crippen LogP contribution in [0.4, 0.5) is 5.69 Å². The van der Waals surface area contributed by atoms with E-state index in [-0.39, 0.29) is 0 Å². The van der Waals surface area contributed by atoms with Crippen molar-refractivity contribution < 1.29 is 0 Å². The zero-order valence-electron chi connectivity index (χ0n) is 12.8. The molecule has 0 amide bonds. The lowest BCUT2D eigenvalue weighted by Crippen LogP contribution is -2.29. The maximum Gasteiger partial charge on any atom is 0.0400 e. The van der Waals surface area contributed by atoms with E-state index in [1.807, 2.05) is 6.07 Å². The Morgan fingerprint density at radius 1 is 0.609 bits per heavy atom. The molecule has 0 unspecified atom stereocenters. The molecule has 0 fully saturated rings. The van der Waals surface area contributed by atoms with Crippen LogP contribution in [-0.4, -0.2) is 0 Å². The van der Waals surface area contributed by atoms with Gasteiger partial charge in [-0.05, 0) is 56.3 Å². The van der Waals surface area contributed by atoms with Crippen molar-refractivity contribution in [2.24, 2.45) is 0 Å². The molecule has 0 radical (unpaired) electrons. The Labute approximate surface area is 134 Å². The fourth-order valence-corrected chi connectivity index (χ4v) is 4.03. The van der Waals surface area contributed by atoms with Gasteiger partial charge in [0.25, 0.3) is 0 Å². The van der Waals surface area contributed by atoms with Crippen LogP contribution >= 0.6 is 0 Å². The first-order chi connectivity index (χ1) is 11.3. The zero-order valence-corrected chi connectivity index (χ0v) is 12.8. The number of anilines is 1. The molecule has 1 aliphatic rings. The van der Waals surface area contributed by atoms with Crippen LogP contribution in [0, 0.1) is 0 Å². The molecule has 0 heterocycles. The second-order valence-electron chi connectivity index (χ2n) is 6.29. The Kier molecular flexibility index (Phi) is 2.54. The number of hydrogen-bond donors (Lipinski definition) is 1. The Bertz CT molecular complexity index is 1220. The van der Waals surface area contributed by atoms with E-state index in [0.29, 0.717) is 0 Å². The number of nitrogens with two attached hydrogens (primary N) is 1. The topological polar surface area (TPSA) is 26.0 Å². The third kappa shape index (κ3) is 1.68. The Morgan fingerprint density at radius 2 is 1.30 bits per heavy atom. The molecule has 2 N–H and O–H groups in total. The molecule has 1 nitrogen and oxygen atoms in total. The SMILES string of the molecule is Nc1cccc2c1c1c(c3c4ccccc4ccc23)=CCCC=1. The first-order valence-electron chi connectivity index (χ1n) is 8.16. The molecule has 0 saturated carbocycles. The highest BCUT2D eigenvalue weighted by Crippen LogP contribution is 2.29. The van der Waals surface area contributed by atoms with Crippen molar-refractivity contribution in [3.8, 4) is 0 Å². The standard InChI is InChI=1S/C22H17N/c23-20-11-5-10-18-19-13-12-14-6-1-2-7-15(14)21(19)16-8-3-4-9-17(16)22(18)20/h1-2,5-13H,3-4,23H2. The van der Waals surface area contributed by atoms with Gasteiger partial charge in [-0.25, -0.2) is 0 Å². The maximum atomic E-state index is 6.35. The summed E-state index contributed by atoms with van der Waals surface area (Å²) >= 11 is 0. The summed E-state index contributed by atoms with van der Waals surface area (Å²) < 4.78 is 0. The molecule has 4 aromatic rings. The largest absolute Gasteiger partial charge is 0.398 e. The summed E-state index contributed by atoms with van der Waals surface area (Å²) in [6.07, 6.45) is 6.93. The van der Waals surface area contributed by atoms with Gasteiger partial charge < -0.3 is 5.73 Å². The first kappa shape index (κ1) is 12.7. The van der Waals surface area contributed by atoms with E-state index in [4.69, 9.17) is 5.73 Å². The van der Waals surface area contributed by atoms with E-state index in [1.54, 1.807) is 0 Å².